The summed E-state index contributed by atoms with van der Waals surface area (Å²) >= 11 is 3.14. The first-order valence-electron chi connectivity index (χ1n) is 6.40. The molecule has 4 nitrogen and oxygen atoms in total. The second-order valence-electron chi connectivity index (χ2n) is 4.47. The number of hydrogen-bond donors (Lipinski definition) is 2. The molecule has 1 unspecified atom stereocenters. The summed E-state index contributed by atoms with van der Waals surface area (Å²) in [5.41, 5.74) is 0.996. The van der Waals surface area contributed by atoms with Gasteiger partial charge in [0.15, 0.2) is 4.99 Å². The quantitative estimate of drug-likeness (QED) is 0.830. The first-order chi connectivity index (χ1) is 10.1. The Morgan fingerprint density at radius 2 is 2.00 bits per heavy atom. The van der Waals surface area contributed by atoms with Crippen LogP contribution in [0.25, 0.3) is 0 Å². The minimum absolute atomic E-state index is 0.491. The van der Waals surface area contributed by atoms with Gasteiger partial charge in [-0.1, -0.05) is 18.2 Å². The molecule has 0 spiro atoms. The van der Waals surface area contributed by atoms with Crippen LogP contribution in [0.4, 0.5) is 4.79 Å². The van der Waals surface area contributed by atoms with Crippen molar-refractivity contribution in [1.82, 2.24) is 10.6 Å². The van der Waals surface area contributed by atoms with Crippen molar-refractivity contribution >= 4 is 29.6 Å². The number of thioether (sulfide) groups is 2. The van der Waals surface area contributed by atoms with E-state index in [2.05, 4.69) is 10.6 Å². The van der Waals surface area contributed by atoms with E-state index in [9.17, 15) is 4.79 Å². The molecule has 112 valence electrons. The largest absolute Gasteiger partial charge is 0.415 e. The summed E-state index contributed by atoms with van der Waals surface area (Å²) in [4.78, 5) is 12.5. The third-order valence-corrected chi connectivity index (χ3v) is 4.56. The molecule has 2 N–H and O–H groups in total. The lowest BCUT2D eigenvalue weighted by Crippen LogP contribution is -2.56. The van der Waals surface area contributed by atoms with Crippen LogP contribution in [0, 0.1) is 0 Å². The number of carbonyl (C=O) groups is 1. The highest BCUT2D eigenvalue weighted by atomic mass is 32.2. The van der Waals surface area contributed by atoms with E-state index in [0.717, 1.165) is 10.6 Å². The van der Waals surface area contributed by atoms with E-state index in [1.54, 1.807) is 23.9 Å². The summed E-state index contributed by atoms with van der Waals surface area (Å²) in [5.74, 6) is 0.517. The Kier molecular flexibility index (Phi) is 5.25. The number of nitrogens with one attached hydrogen (secondary N) is 2. The summed E-state index contributed by atoms with van der Waals surface area (Å²) in [6.45, 7) is 1.97. The predicted molar refractivity (Wildman–Crippen MR) is 90.3 cm³/mol. The molecular weight excluding hydrogens is 304 g/mol. The molecule has 1 aliphatic rings. The molecule has 0 radical (unpaired) electrons. The minimum Gasteiger partial charge on any atom is -0.410 e. The number of dihydropyridines is 1. The standard InChI is InChI=1S/C15H18N2O2S2/c1-11-9-13(20-2)10-15(16-11,21-3)17-14(18)19-12-7-5-4-6-8-12/h4-10,16H,1-3H3,(H,17,18). The number of hydrogen-bond acceptors (Lipinski definition) is 5. The Morgan fingerprint density at radius 3 is 2.62 bits per heavy atom. The smallest absolute Gasteiger partial charge is 0.410 e. The van der Waals surface area contributed by atoms with E-state index in [4.69, 9.17) is 4.74 Å². The summed E-state index contributed by atoms with van der Waals surface area (Å²) in [6, 6.07) is 9.01. The first-order valence-corrected chi connectivity index (χ1v) is 8.85. The Bertz CT molecular complexity index is 572. The zero-order valence-electron chi connectivity index (χ0n) is 12.2. The molecular formula is C15H18N2O2S2. The Hall–Kier alpha value is -1.53. The number of benzene rings is 1. The van der Waals surface area contributed by atoms with Crippen molar-refractivity contribution in [2.45, 2.75) is 11.9 Å². The van der Waals surface area contributed by atoms with E-state index in [1.165, 1.54) is 11.8 Å². The average Bonchev–Trinajstić information content (AvgIpc) is 2.47. The fourth-order valence-electron chi connectivity index (χ4n) is 1.94. The normalized spacial score (nSPS) is 20.9. The number of para-hydroxylation sites is 1. The van der Waals surface area contributed by atoms with E-state index < -0.39 is 11.1 Å². The summed E-state index contributed by atoms with van der Waals surface area (Å²) in [5, 5.41) is 6.17. The maximum Gasteiger partial charge on any atom is 0.415 e. The van der Waals surface area contributed by atoms with Gasteiger partial charge in [-0.3, -0.25) is 5.32 Å². The first kappa shape index (κ1) is 15.9. The van der Waals surface area contributed by atoms with Crippen LogP contribution in [-0.4, -0.2) is 23.6 Å². The van der Waals surface area contributed by atoms with Gasteiger partial charge in [0, 0.05) is 10.6 Å². The molecule has 0 aromatic heterocycles. The second-order valence-corrected chi connectivity index (χ2v) is 6.40. The Balaban J connectivity index is 2.10. The van der Waals surface area contributed by atoms with Crippen molar-refractivity contribution < 1.29 is 9.53 Å². The van der Waals surface area contributed by atoms with Gasteiger partial charge in [0.25, 0.3) is 0 Å². The number of amides is 1. The van der Waals surface area contributed by atoms with E-state index in [-0.39, 0.29) is 0 Å². The lowest BCUT2D eigenvalue weighted by molar-refractivity contribution is 0.195. The minimum atomic E-state index is -0.691. The Labute approximate surface area is 133 Å². The predicted octanol–water partition coefficient (Wildman–Crippen LogP) is 3.55. The molecule has 2 rings (SSSR count). The highest BCUT2D eigenvalue weighted by Crippen LogP contribution is 2.30. The third kappa shape index (κ3) is 4.22. The van der Waals surface area contributed by atoms with Crippen molar-refractivity contribution in [3.63, 3.8) is 0 Å². The van der Waals surface area contributed by atoms with Crippen LogP contribution in [0.15, 0.2) is 53.1 Å². The molecule has 1 heterocycles. The van der Waals surface area contributed by atoms with Gasteiger partial charge in [-0.25, -0.2) is 4.79 Å². The zero-order chi connectivity index (χ0) is 15.3. The summed E-state index contributed by atoms with van der Waals surface area (Å²) in [7, 11) is 0. The number of allylic oxidation sites excluding steroid dienone is 2. The molecule has 1 aromatic rings. The van der Waals surface area contributed by atoms with Gasteiger partial charge in [-0.15, -0.1) is 23.5 Å². The molecule has 0 saturated carbocycles. The SMILES string of the molecule is CSC1=CC(NC(=O)Oc2ccccc2)(SC)NC(C)=C1. The van der Waals surface area contributed by atoms with Gasteiger partial charge >= 0.3 is 6.09 Å². The summed E-state index contributed by atoms with van der Waals surface area (Å²) in [6.07, 6.45) is 7.48. The zero-order valence-corrected chi connectivity index (χ0v) is 13.8. The molecule has 1 atom stereocenters. The van der Waals surface area contributed by atoms with Crippen LogP contribution in [0.1, 0.15) is 6.92 Å². The van der Waals surface area contributed by atoms with Crippen molar-refractivity contribution in [3.05, 3.63) is 53.1 Å². The molecule has 0 bridgehead atoms. The van der Waals surface area contributed by atoms with Gasteiger partial charge in [0.05, 0.1) is 0 Å². The van der Waals surface area contributed by atoms with E-state index in [0.29, 0.717) is 5.75 Å². The fraction of sp³-hybridized carbons (Fsp3) is 0.267. The van der Waals surface area contributed by atoms with E-state index >= 15 is 0 Å². The molecule has 6 heteroatoms. The highest BCUT2D eigenvalue weighted by Gasteiger charge is 2.32. The summed E-state index contributed by atoms with van der Waals surface area (Å²) < 4.78 is 5.29. The molecule has 0 saturated heterocycles. The Morgan fingerprint density at radius 1 is 1.29 bits per heavy atom. The average molecular weight is 322 g/mol. The molecule has 21 heavy (non-hydrogen) atoms. The molecule has 0 aliphatic carbocycles. The maximum atomic E-state index is 12.1. The monoisotopic (exact) mass is 322 g/mol. The van der Waals surface area contributed by atoms with Crippen molar-refractivity contribution in [3.8, 4) is 5.75 Å². The lowest BCUT2D eigenvalue weighted by Gasteiger charge is -2.35. The van der Waals surface area contributed by atoms with Gasteiger partial charge in [0.1, 0.15) is 5.75 Å². The van der Waals surface area contributed by atoms with Crippen LogP contribution in [-0.2, 0) is 0 Å². The maximum absolute atomic E-state index is 12.1. The van der Waals surface area contributed by atoms with Gasteiger partial charge in [-0.05, 0) is 43.7 Å². The third-order valence-electron chi connectivity index (χ3n) is 2.89. The van der Waals surface area contributed by atoms with Gasteiger partial charge < -0.3 is 10.1 Å². The molecule has 1 aromatic carbocycles. The highest BCUT2D eigenvalue weighted by molar-refractivity contribution is 8.02. The van der Waals surface area contributed by atoms with Crippen molar-refractivity contribution in [1.29, 1.82) is 0 Å². The van der Waals surface area contributed by atoms with Crippen molar-refractivity contribution in [2.24, 2.45) is 0 Å². The molecule has 1 aliphatic heterocycles. The van der Waals surface area contributed by atoms with Crippen LogP contribution in [0.5, 0.6) is 5.75 Å². The van der Waals surface area contributed by atoms with Gasteiger partial charge in [-0.2, -0.15) is 0 Å². The van der Waals surface area contributed by atoms with Gasteiger partial charge in [0.2, 0.25) is 0 Å². The van der Waals surface area contributed by atoms with Crippen LogP contribution in [0.2, 0.25) is 0 Å². The number of ether oxygens (including phenoxy) is 1. The van der Waals surface area contributed by atoms with Crippen LogP contribution < -0.4 is 15.4 Å². The molecule has 1 amide bonds. The topological polar surface area (TPSA) is 50.4 Å². The van der Waals surface area contributed by atoms with Crippen LogP contribution in [0.3, 0.4) is 0 Å². The van der Waals surface area contributed by atoms with Crippen molar-refractivity contribution in [2.75, 3.05) is 12.5 Å². The number of rotatable bonds is 4. The fourth-order valence-corrected chi connectivity index (χ4v) is 3.30. The second kappa shape index (κ2) is 6.95. The lowest BCUT2D eigenvalue weighted by atomic mass is 10.2. The molecule has 0 fully saturated rings. The van der Waals surface area contributed by atoms with Crippen LogP contribution >= 0.6 is 23.5 Å². The number of carbonyl (C=O) groups excluding carboxylic acids is 1. The van der Waals surface area contributed by atoms with E-state index in [1.807, 2.05) is 49.8 Å².